The van der Waals surface area contributed by atoms with Crippen molar-refractivity contribution < 1.29 is 4.79 Å². The third kappa shape index (κ3) is 4.32. The first-order valence-corrected chi connectivity index (χ1v) is 8.46. The molecule has 110 valence electrons. The molecule has 0 spiro atoms. The molecule has 4 nitrogen and oxygen atoms in total. The highest BCUT2D eigenvalue weighted by atomic mass is 79.9. The third-order valence-corrected chi connectivity index (χ3v) is 4.45. The Kier molecular flexibility index (Phi) is 5.87. The van der Waals surface area contributed by atoms with Gasteiger partial charge in [-0.15, -0.1) is 0 Å². The summed E-state index contributed by atoms with van der Waals surface area (Å²) in [6.45, 7) is 1.99. The van der Waals surface area contributed by atoms with Crippen LogP contribution in [-0.2, 0) is 0 Å². The molecule has 0 radical (unpaired) electrons. The van der Waals surface area contributed by atoms with E-state index in [1.807, 2.05) is 6.92 Å². The Labute approximate surface area is 144 Å². The zero-order chi connectivity index (χ0) is 15.4. The summed E-state index contributed by atoms with van der Waals surface area (Å²) in [4.78, 5) is 20.6. The molecule has 1 amide bonds. The van der Waals surface area contributed by atoms with Crippen LogP contribution >= 0.6 is 50.9 Å². The molecule has 0 atom stereocenters. The van der Waals surface area contributed by atoms with E-state index in [-0.39, 0.29) is 11.6 Å². The summed E-state index contributed by atoms with van der Waals surface area (Å²) in [7, 11) is 0. The summed E-state index contributed by atoms with van der Waals surface area (Å²) in [5.41, 5.74) is 0.816. The SMILES string of the molecule is CCSc1ncc(Br)c(C(=O)Nc2ccc(Cl)c(Cl)c2)n1. The molecule has 0 saturated heterocycles. The van der Waals surface area contributed by atoms with Crippen LogP contribution < -0.4 is 5.32 Å². The van der Waals surface area contributed by atoms with Crippen LogP contribution in [0, 0.1) is 0 Å². The van der Waals surface area contributed by atoms with Gasteiger partial charge in [0.25, 0.3) is 5.91 Å². The Balaban J connectivity index is 2.23. The average Bonchev–Trinajstić information content (AvgIpc) is 2.45. The van der Waals surface area contributed by atoms with Gasteiger partial charge in [0.15, 0.2) is 5.16 Å². The minimum Gasteiger partial charge on any atom is -0.321 e. The first kappa shape index (κ1) is 16.5. The van der Waals surface area contributed by atoms with Crippen LogP contribution in [0.3, 0.4) is 0 Å². The van der Waals surface area contributed by atoms with E-state index in [1.165, 1.54) is 11.8 Å². The Morgan fingerprint density at radius 3 is 2.81 bits per heavy atom. The smallest absolute Gasteiger partial charge is 0.275 e. The van der Waals surface area contributed by atoms with Gasteiger partial charge in [-0.1, -0.05) is 41.9 Å². The number of amides is 1. The lowest BCUT2D eigenvalue weighted by Crippen LogP contribution is -2.15. The van der Waals surface area contributed by atoms with Crippen molar-refractivity contribution in [2.45, 2.75) is 12.1 Å². The molecular formula is C13H10BrCl2N3OS. The van der Waals surface area contributed by atoms with Gasteiger partial charge in [-0.3, -0.25) is 4.79 Å². The van der Waals surface area contributed by atoms with E-state index in [9.17, 15) is 4.79 Å². The fraction of sp³-hybridized carbons (Fsp3) is 0.154. The van der Waals surface area contributed by atoms with Crippen LogP contribution in [0.15, 0.2) is 34.0 Å². The number of hydrogen-bond donors (Lipinski definition) is 1. The monoisotopic (exact) mass is 405 g/mol. The van der Waals surface area contributed by atoms with Gasteiger partial charge in [-0.2, -0.15) is 0 Å². The Hall–Kier alpha value is -0.820. The van der Waals surface area contributed by atoms with Crippen molar-refractivity contribution >= 4 is 62.5 Å². The van der Waals surface area contributed by atoms with E-state index in [2.05, 4.69) is 31.2 Å². The maximum absolute atomic E-state index is 12.3. The molecule has 1 N–H and O–H groups in total. The second-order valence-corrected chi connectivity index (χ2v) is 6.77. The molecule has 0 fully saturated rings. The van der Waals surface area contributed by atoms with Crippen LogP contribution in [0.4, 0.5) is 5.69 Å². The largest absolute Gasteiger partial charge is 0.321 e. The first-order chi connectivity index (χ1) is 10.0. The number of halogens is 3. The number of hydrogen-bond acceptors (Lipinski definition) is 4. The molecule has 2 aromatic rings. The molecule has 1 aromatic carbocycles. The predicted molar refractivity (Wildman–Crippen MR) is 90.5 cm³/mol. The summed E-state index contributed by atoms with van der Waals surface area (Å²) >= 11 is 16.5. The second kappa shape index (κ2) is 7.45. The molecule has 0 aliphatic heterocycles. The number of nitrogens with zero attached hydrogens (tertiary/aromatic N) is 2. The second-order valence-electron chi connectivity index (χ2n) is 3.87. The fourth-order valence-corrected chi connectivity index (χ4v) is 2.68. The van der Waals surface area contributed by atoms with E-state index in [1.54, 1.807) is 24.4 Å². The van der Waals surface area contributed by atoms with E-state index < -0.39 is 0 Å². The molecule has 0 aliphatic carbocycles. The van der Waals surface area contributed by atoms with Crippen molar-refractivity contribution in [3.8, 4) is 0 Å². The van der Waals surface area contributed by atoms with Crippen LogP contribution in [0.2, 0.25) is 10.0 Å². The molecule has 1 aromatic heterocycles. The molecule has 21 heavy (non-hydrogen) atoms. The van der Waals surface area contributed by atoms with Crippen LogP contribution in [0.5, 0.6) is 0 Å². The zero-order valence-corrected chi connectivity index (χ0v) is 14.8. The van der Waals surface area contributed by atoms with E-state index in [0.717, 1.165) is 5.75 Å². The first-order valence-electron chi connectivity index (χ1n) is 5.93. The maximum atomic E-state index is 12.3. The molecule has 1 heterocycles. The lowest BCUT2D eigenvalue weighted by molar-refractivity contribution is 0.102. The standard InChI is InChI=1S/C13H10BrCl2N3OS/c1-2-21-13-17-6-8(14)11(19-13)12(20)18-7-3-4-9(15)10(16)5-7/h3-6H,2H2,1H3,(H,18,20). The predicted octanol–water partition coefficient (Wildman–Crippen LogP) is 4.91. The number of anilines is 1. The molecular weight excluding hydrogens is 397 g/mol. The average molecular weight is 407 g/mol. The molecule has 0 bridgehead atoms. The normalized spacial score (nSPS) is 10.5. The van der Waals surface area contributed by atoms with Crippen molar-refractivity contribution in [2.75, 3.05) is 11.1 Å². The minimum absolute atomic E-state index is 0.270. The Morgan fingerprint density at radius 2 is 2.14 bits per heavy atom. The molecule has 0 unspecified atom stereocenters. The summed E-state index contributed by atoms with van der Waals surface area (Å²) in [5, 5.41) is 4.08. The van der Waals surface area contributed by atoms with Crippen molar-refractivity contribution in [3.63, 3.8) is 0 Å². The van der Waals surface area contributed by atoms with Crippen LogP contribution in [0.25, 0.3) is 0 Å². The van der Waals surface area contributed by atoms with E-state index >= 15 is 0 Å². The zero-order valence-electron chi connectivity index (χ0n) is 10.9. The van der Waals surface area contributed by atoms with E-state index in [4.69, 9.17) is 23.2 Å². The van der Waals surface area contributed by atoms with Crippen LogP contribution in [-0.4, -0.2) is 21.6 Å². The fourth-order valence-electron chi connectivity index (χ4n) is 1.47. The highest BCUT2D eigenvalue weighted by molar-refractivity contribution is 9.10. The van der Waals surface area contributed by atoms with E-state index in [0.29, 0.717) is 25.4 Å². The Bertz CT molecular complexity index is 684. The number of benzene rings is 1. The molecule has 0 aliphatic rings. The molecule has 8 heteroatoms. The van der Waals surface area contributed by atoms with Gasteiger partial charge in [0, 0.05) is 11.9 Å². The van der Waals surface area contributed by atoms with Gasteiger partial charge in [0.1, 0.15) is 5.69 Å². The lowest BCUT2D eigenvalue weighted by Gasteiger charge is -2.08. The quantitative estimate of drug-likeness (QED) is 0.578. The van der Waals surface area contributed by atoms with Gasteiger partial charge < -0.3 is 5.32 Å². The summed E-state index contributed by atoms with van der Waals surface area (Å²) < 4.78 is 0.528. The number of nitrogens with one attached hydrogen (secondary N) is 1. The molecule has 0 saturated carbocycles. The minimum atomic E-state index is -0.347. The van der Waals surface area contributed by atoms with Gasteiger partial charge in [0.05, 0.1) is 14.5 Å². The molecule has 2 rings (SSSR count). The third-order valence-electron chi connectivity index (χ3n) is 2.39. The van der Waals surface area contributed by atoms with Gasteiger partial charge in [-0.25, -0.2) is 9.97 Å². The van der Waals surface area contributed by atoms with Crippen molar-refractivity contribution in [2.24, 2.45) is 0 Å². The summed E-state index contributed by atoms with van der Waals surface area (Å²) in [5.74, 6) is 0.482. The van der Waals surface area contributed by atoms with Gasteiger partial charge in [0.2, 0.25) is 0 Å². The lowest BCUT2D eigenvalue weighted by atomic mass is 10.3. The number of aromatic nitrogens is 2. The Morgan fingerprint density at radius 1 is 1.38 bits per heavy atom. The summed E-state index contributed by atoms with van der Waals surface area (Å²) in [6.07, 6.45) is 1.56. The van der Waals surface area contributed by atoms with Crippen LogP contribution in [0.1, 0.15) is 17.4 Å². The number of rotatable bonds is 4. The number of thioether (sulfide) groups is 1. The highest BCUT2D eigenvalue weighted by Crippen LogP contribution is 2.26. The maximum Gasteiger partial charge on any atom is 0.275 e. The highest BCUT2D eigenvalue weighted by Gasteiger charge is 2.14. The number of carbonyl (C=O) groups is 1. The van der Waals surface area contributed by atoms with Gasteiger partial charge in [-0.05, 0) is 39.9 Å². The number of carbonyl (C=O) groups excluding carboxylic acids is 1. The van der Waals surface area contributed by atoms with Crippen molar-refractivity contribution in [1.29, 1.82) is 0 Å². The topological polar surface area (TPSA) is 54.9 Å². The van der Waals surface area contributed by atoms with Crippen molar-refractivity contribution in [1.82, 2.24) is 9.97 Å². The summed E-state index contributed by atoms with van der Waals surface area (Å²) in [6, 6.07) is 4.87. The van der Waals surface area contributed by atoms with Gasteiger partial charge >= 0.3 is 0 Å². The van der Waals surface area contributed by atoms with Crippen molar-refractivity contribution in [3.05, 3.63) is 44.6 Å².